The summed E-state index contributed by atoms with van der Waals surface area (Å²) in [5, 5.41) is 16.9. The smallest absolute Gasteiger partial charge is 0.329 e. The maximum atomic E-state index is 11.7. The lowest BCUT2D eigenvalue weighted by atomic mass is 10.2. The third kappa shape index (κ3) is 4.86. The SMILES string of the molecule is COc1ccc(/C=N\NC(=O)C(=O)Nc2ccccc2)cc1[N+](=O)[O-]. The first-order chi connectivity index (χ1) is 12.0. The molecule has 0 aromatic heterocycles. The van der Waals surface area contributed by atoms with Crippen molar-refractivity contribution in [3.8, 4) is 5.75 Å². The second-order valence-corrected chi connectivity index (χ2v) is 4.71. The number of nitro benzene ring substituents is 1. The average molecular weight is 342 g/mol. The van der Waals surface area contributed by atoms with Crippen LogP contribution in [-0.2, 0) is 9.59 Å². The van der Waals surface area contributed by atoms with E-state index in [0.717, 1.165) is 0 Å². The minimum absolute atomic E-state index is 0.105. The highest BCUT2D eigenvalue weighted by molar-refractivity contribution is 6.39. The molecule has 0 fully saturated rings. The molecule has 2 amide bonds. The third-order valence-electron chi connectivity index (χ3n) is 3.02. The Kier molecular flexibility index (Phi) is 5.77. The number of hydrazone groups is 1. The van der Waals surface area contributed by atoms with Crippen LogP contribution < -0.4 is 15.5 Å². The van der Waals surface area contributed by atoms with Crippen molar-refractivity contribution in [2.75, 3.05) is 12.4 Å². The fraction of sp³-hybridized carbons (Fsp3) is 0.0625. The van der Waals surface area contributed by atoms with Gasteiger partial charge in [0.15, 0.2) is 5.75 Å². The molecule has 0 aliphatic heterocycles. The van der Waals surface area contributed by atoms with Crippen molar-refractivity contribution in [1.82, 2.24) is 5.43 Å². The molecule has 9 nitrogen and oxygen atoms in total. The van der Waals surface area contributed by atoms with E-state index in [0.29, 0.717) is 11.3 Å². The van der Waals surface area contributed by atoms with Crippen molar-refractivity contribution >= 4 is 29.4 Å². The van der Waals surface area contributed by atoms with Crippen molar-refractivity contribution in [3.05, 3.63) is 64.2 Å². The predicted molar refractivity (Wildman–Crippen MR) is 90.5 cm³/mol. The van der Waals surface area contributed by atoms with Crippen molar-refractivity contribution in [3.63, 3.8) is 0 Å². The summed E-state index contributed by atoms with van der Waals surface area (Å²) in [6, 6.07) is 12.6. The number of para-hydroxylation sites is 1. The number of methoxy groups -OCH3 is 1. The summed E-state index contributed by atoms with van der Waals surface area (Å²) in [5.41, 5.74) is 2.64. The second kappa shape index (κ2) is 8.20. The van der Waals surface area contributed by atoms with E-state index in [-0.39, 0.29) is 11.4 Å². The topological polar surface area (TPSA) is 123 Å². The number of anilines is 1. The molecule has 2 rings (SSSR count). The number of nitro groups is 1. The van der Waals surface area contributed by atoms with Gasteiger partial charge in [-0.1, -0.05) is 18.2 Å². The van der Waals surface area contributed by atoms with Gasteiger partial charge in [0.1, 0.15) is 0 Å². The number of hydrogen-bond donors (Lipinski definition) is 2. The number of hydrogen-bond acceptors (Lipinski definition) is 6. The average Bonchev–Trinajstić information content (AvgIpc) is 2.62. The van der Waals surface area contributed by atoms with Gasteiger partial charge in [-0.2, -0.15) is 5.10 Å². The largest absolute Gasteiger partial charge is 0.490 e. The molecule has 0 bridgehead atoms. The Morgan fingerprint density at radius 3 is 2.52 bits per heavy atom. The van der Waals surface area contributed by atoms with Gasteiger partial charge >= 0.3 is 17.5 Å². The van der Waals surface area contributed by atoms with Crippen molar-refractivity contribution in [1.29, 1.82) is 0 Å². The van der Waals surface area contributed by atoms with E-state index < -0.39 is 16.7 Å². The van der Waals surface area contributed by atoms with Crippen molar-refractivity contribution in [2.24, 2.45) is 5.10 Å². The molecule has 0 unspecified atom stereocenters. The number of ether oxygens (including phenoxy) is 1. The molecule has 0 radical (unpaired) electrons. The van der Waals surface area contributed by atoms with E-state index in [1.165, 1.54) is 31.5 Å². The van der Waals surface area contributed by atoms with E-state index in [1.54, 1.807) is 30.3 Å². The van der Waals surface area contributed by atoms with E-state index in [2.05, 4.69) is 10.4 Å². The number of carbonyl (C=O) groups is 2. The molecule has 0 atom stereocenters. The van der Waals surface area contributed by atoms with E-state index in [1.807, 2.05) is 5.43 Å². The molecule has 0 saturated heterocycles. The number of amides is 2. The summed E-state index contributed by atoms with van der Waals surface area (Å²) in [6.45, 7) is 0. The zero-order valence-corrected chi connectivity index (χ0v) is 13.1. The summed E-state index contributed by atoms with van der Waals surface area (Å²) >= 11 is 0. The van der Waals surface area contributed by atoms with Crippen LogP contribution in [0.4, 0.5) is 11.4 Å². The van der Waals surface area contributed by atoms with Gasteiger partial charge in [-0.25, -0.2) is 5.43 Å². The zero-order chi connectivity index (χ0) is 18.2. The fourth-order valence-corrected chi connectivity index (χ4v) is 1.86. The molecule has 9 heteroatoms. The van der Waals surface area contributed by atoms with Crippen LogP contribution in [0, 0.1) is 10.1 Å². The highest BCUT2D eigenvalue weighted by Gasteiger charge is 2.15. The Hall–Kier alpha value is -3.75. The summed E-state index contributed by atoms with van der Waals surface area (Å²) in [7, 11) is 1.32. The molecular weight excluding hydrogens is 328 g/mol. The van der Waals surface area contributed by atoms with Gasteiger partial charge in [0.2, 0.25) is 0 Å². The van der Waals surface area contributed by atoms with Crippen LogP contribution in [0.25, 0.3) is 0 Å². The van der Waals surface area contributed by atoms with E-state index in [4.69, 9.17) is 4.74 Å². The summed E-state index contributed by atoms with van der Waals surface area (Å²) in [6.07, 6.45) is 1.18. The molecule has 0 spiro atoms. The van der Waals surface area contributed by atoms with Gasteiger partial charge in [0.25, 0.3) is 0 Å². The fourth-order valence-electron chi connectivity index (χ4n) is 1.86. The van der Waals surface area contributed by atoms with Gasteiger partial charge in [-0.05, 0) is 24.3 Å². The number of rotatable bonds is 5. The number of nitrogens with one attached hydrogen (secondary N) is 2. The Morgan fingerprint density at radius 1 is 1.16 bits per heavy atom. The van der Waals surface area contributed by atoms with Gasteiger partial charge in [-0.3, -0.25) is 19.7 Å². The highest BCUT2D eigenvalue weighted by Crippen LogP contribution is 2.26. The Labute approximate surface area is 142 Å². The molecule has 25 heavy (non-hydrogen) atoms. The number of nitrogens with zero attached hydrogens (tertiary/aromatic N) is 2. The highest BCUT2D eigenvalue weighted by atomic mass is 16.6. The minimum Gasteiger partial charge on any atom is -0.490 e. The normalized spacial score (nSPS) is 10.3. The van der Waals surface area contributed by atoms with Crippen LogP contribution in [0.1, 0.15) is 5.56 Å². The quantitative estimate of drug-likeness (QED) is 0.370. The van der Waals surface area contributed by atoms with Crippen LogP contribution in [0.3, 0.4) is 0 Å². The first-order valence-electron chi connectivity index (χ1n) is 7.03. The molecule has 0 saturated carbocycles. The predicted octanol–water partition coefficient (Wildman–Crippen LogP) is 1.69. The molecular formula is C16H14N4O5. The lowest BCUT2D eigenvalue weighted by Crippen LogP contribution is -2.32. The van der Waals surface area contributed by atoms with E-state index in [9.17, 15) is 19.7 Å². The molecule has 0 aliphatic rings. The van der Waals surface area contributed by atoms with E-state index >= 15 is 0 Å². The van der Waals surface area contributed by atoms with Crippen LogP contribution in [0.15, 0.2) is 53.6 Å². The minimum atomic E-state index is -0.969. The standard InChI is InChI=1S/C16H14N4O5/c1-25-14-8-7-11(9-13(14)20(23)24)10-17-19-16(22)15(21)18-12-5-3-2-4-6-12/h2-10H,1H3,(H,18,21)(H,19,22)/b17-10-. The molecule has 2 aromatic carbocycles. The first-order valence-corrected chi connectivity index (χ1v) is 7.03. The van der Waals surface area contributed by atoms with Crippen LogP contribution in [0.2, 0.25) is 0 Å². The van der Waals surface area contributed by atoms with Crippen LogP contribution in [-0.4, -0.2) is 30.1 Å². The molecule has 0 aliphatic carbocycles. The Bertz CT molecular complexity index is 821. The lowest BCUT2D eigenvalue weighted by Gasteiger charge is -2.03. The van der Waals surface area contributed by atoms with Crippen LogP contribution >= 0.6 is 0 Å². The molecule has 128 valence electrons. The van der Waals surface area contributed by atoms with Crippen molar-refractivity contribution in [2.45, 2.75) is 0 Å². The Morgan fingerprint density at radius 2 is 1.88 bits per heavy atom. The summed E-state index contributed by atoms with van der Waals surface area (Å²) in [5.74, 6) is -1.75. The Balaban J connectivity index is 1.98. The lowest BCUT2D eigenvalue weighted by molar-refractivity contribution is -0.385. The summed E-state index contributed by atoms with van der Waals surface area (Å²) in [4.78, 5) is 33.7. The van der Waals surface area contributed by atoms with Crippen molar-refractivity contribution < 1.29 is 19.2 Å². The van der Waals surface area contributed by atoms with Gasteiger partial charge in [-0.15, -0.1) is 0 Å². The van der Waals surface area contributed by atoms with Gasteiger partial charge < -0.3 is 10.1 Å². The van der Waals surface area contributed by atoms with Gasteiger partial charge in [0.05, 0.1) is 18.2 Å². The molecule has 2 aromatic rings. The monoisotopic (exact) mass is 342 g/mol. The number of benzene rings is 2. The second-order valence-electron chi connectivity index (χ2n) is 4.71. The maximum Gasteiger partial charge on any atom is 0.329 e. The summed E-state index contributed by atoms with van der Waals surface area (Å²) < 4.78 is 4.88. The first kappa shape index (κ1) is 17.6. The number of carbonyl (C=O) groups excluding carboxylic acids is 2. The van der Waals surface area contributed by atoms with Crippen LogP contribution in [0.5, 0.6) is 5.75 Å². The maximum absolute atomic E-state index is 11.7. The molecule has 0 heterocycles. The van der Waals surface area contributed by atoms with Gasteiger partial charge in [0, 0.05) is 17.3 Å². The molecule has 2 N–H and O–H groups in total. The zero-order valence-electron chi connectivity index (χ0n) is 13.1. The third-order valence-corrected chi connectivity index (χ3v) is 3.02.